The summed E-state index contributed by atoms with van der Waals surface area (Å²) in [4.78, 5) is 4.12. The van der Waals surface area contributed by atoms with Gasteiger partial charge in [-0.15, -0.1) is 0 Å². The molecule has 0 amide bonds. The van der Waals surface area contributed by atoms with E-state index in [4.69, 9.17) is 4.42 Å². The van der Waals surface area contributed by atoms with Crippen molar-refractivity contribution in [3.8, 4) is 0 Å². The molecule has 14 heavy (non-hydrogen) atoms. The van der Waals surface area contributed by atoms with E-state index in [1.165, 1.54) is 25.7 Å². The van der Waals surface area contributed by atoms with Gasteiger partial charge in [-0.3, -0.25) is 0 Å². The van der Waals surface area contributed by atoms with E-state index in [2.05, 4.69) is 17.2 Å². The Hall–Kier alpha value is -0.830. The van der Waals surface area contributed by atoms with Gasteiger partial charge in [0.05, 0.1) is 12.7 Å². The summed E-state index contributed by atoms with van der Waals surface area (Å²) in [5, 5.41) is 3.32. The topological polar surface area (TPSA) is 38.1 Å². The standard InChI is InChI=1S/C11H20N2O/c1-3-4-5-6-7-12-9-11-13-8-10(2)14-11/h8,12H,3-7,9H2,1-2H3. The molecule has 80 valence electrons. The molecule has 0 aliphatic heterocycles. The van der Waals surface area contributed by atoms with Crippen molar-refractivity contribution >= 4 is 0 Å². The van der Waals surface area contributed by atoms with Crippen LogP contribution in [0.3, 0.4) is 0 Å². The zero-order valence-corrected chi connectivity index (χ0v) is 9.18. The quantitative estimate of drug-likeness (QED) is 0.681. The van der Waals surface area contributed by atoms with E-state index in [0.29, 0.717) is 0 Å². The summed E-state index contributed by atoms with van der Waals surface area (Å²) in [6.45, 7) is 5.95. The van der Waals surface area contributed by atoms with Crippen molar-refractivity contribution in [1.82, 2.24) is 10.3 Å². The Balaban J connectivity index is 1.99. The predicted molar refractivity (Wildman–Crippen MR) is 57.1 cm³/mol. The highest BCUT2D eigenvalue weighted by atomic mass is 16.4. The van der Waals surface area contributed by atoms with Crippen molar-refractivity contribution in [2.45, 2.75) is 46.1 Å². The third-order valence-corrected chi connectivity index (χ3v) is 2.15. The van der Waals surface area contributed by atoms with Gasteiger partial charge in [-0.25, -0.2) is 4.98 Å². The van der Waals surface area contributed by atoms with Crippen LogP contribution >= 0.6 is 0 Å². The molecule has 1 aromatic rings. The highest BCUT2D eigenvalue weighted by Gasteiger charge is 1.98. The molecule has 1 N–H and O–H groups in total. The Morgan fingerprint density at radius 1 is 1.36 bits per heavy atom. The lowest BCUT2D eigenvalue weighted by atomic mass is 10.2. The fraction of sp³-hybridized carbons (Fsp3) is 0.727. The lowest BCUT2D eigenvalue weighted by Crippen LogP contribution is -2.14. The van der Waals surface area contributed by atoms with E-state index in [1.807, 2.05) is 6.92 Å². The molecule has 1 heterocycles. The molecule has 0 unspecified atom stereocenters. The van der Waals surface area contributed by atoms with Crippen LogP contribution in [0.25, 0.3) is 0 Å². The number of nitrogens with one attached hydrogen (secondary N) is 1. The number of hydrogen-bond donors (Lipinski definition) is 1. The zero-order valence-electron chi connectivity index (χ0n) is 9.18. The molecular weight excluding hydrogens is 176 g/mol. The highest BCUT2D eigenvalue weighted by molar-refractivity contribution is 4.90. The van der Waals surface area contributed by atoms with E-state index in [-0.39, 0.29) is 0 Å². The SMILES string of the molecule is CCCCCCNCc1ncc(C)o1. The predicted octanol–water partition coefficient (Wildman–Crippen LogP) is 2.65. The number of oxazole rings is 1. The second-order valence-electron chi connectivity index (χ2n) is 3.60. The fourth-order valence-corrected chi connectivity index (χ4v) is 1.36. The third-order valence-electron chi connectivity index (χ3n) is 2.15. The average Bonchev–Trinajstić information content (AvgIpc) is 2.58. The van der Waals surface area contributed by atoms with Crippen LogP contribution < -0.4 is 5.32 Å². The van der Waals surface area contributed by atoms with Crippen molar-refractivity contribution in [2.75, 3.05) is 6.54 Å². The molecule has 0 aromatic carbocycles. The van der Waals surface area contributed by atoms with Crippen LogP contribution in [0.1, 0.15) is 44.3 Å². The minimum atomic E-state index is 0.750. The average molecular weight is 196 g/mol. The molecule has 0 saturated carbocycles. The molecule has 0 radical (unpaired) electrons. The Bertz CT molecular complexity index is 245. The number of hydrogen-bond acceptors (Lipinski definition) is 3. The summed E-state index contributed by atoms with van der Waals surface area (Å²) in [5.74, 6) is 1.67. The molecule has 0 spiro atoms. The van der Waals surface area contributed by atoms with Crippen LogP contribution in [0.5, 0.6) is 0 Å². The van der Waals surface area contributed by atoms with Crippen molar-refractivity contribution < 1.29 is 4.42 Å². The van der Waals surface area contributed by atoms with Gasteiger partial charge in [0, 0.05) is 0 Å². The van der Waals surface area contributed by atoms with Crippen LogP contribution in [-0.4, -0.2) is 11.5 Å². The van der Waals surface area contributed by atoms with Crippen LogP contribution in [-0.2, 0) is 6.54 Å². The third kappa shape index (κ3) is 4.42. The van der Waals surface area contributed by atoms with Crippen molar-refractivity contribution in [2.24, 2.45) is 0 Å². The molecule has 1 rings (SSSR count). The van der Waals surface area contributed by atoms with Crippen molar-refractivity contribution in [3.63, 3.8) is 0 Å². The van der Waals surface area contributed by atoms with Gasteiger partial charge in [0.2, 0.25) is 5.89 Å². The summed E-state index contributed by atoms with van der Waals surface area (Å²) in [6, 6.07) is 0. The smallest absolute Gasteiger partial charge is 0.208 e. The summed E-state index contributed by atoms with van der Waals surface area (Å²) in [5.41, 5.74) is 0. The fourth-order valence-electron chi connectivity index (χ4n) is 1.36. The molecule has 3 nitrogen and oxygen atoms in total. The summed E-state index contributed by atoms with van der Waals surface area (Å²) >= 11 is 0. The number of nitrogens with zero attached hydrogens (tertiary/aromatic N) is 1. The van der Waals surface area contributed by atoms with E-state index in [9.17, 15) is 0 Å². The van der Waals surface area contributed by atoms with Crippen LogP contribution in [0.15, 0.2) is 10.6 Å². The molecule has 0 aliphatic carbocycles. The monoisotopic (exact) mass is 196 g/mol. The number of unbranched alkanes of at least 4 members (excludes halogenated alkanes) is 3. The summed E-state index contributed by atoms with van der Waals surface area (Å²) in [7, 11) is 0. The second-order valence-corrected chi connectivity index (χ2v) is 3.60. The van der Waals surface area contributed by atoms with Crippen molar-refractivity contribution in [1.29, 1.82) is 0 Å². The maximum absolute atomic E-state index is 5.34. The Morgan fingerprint density at radius 3 is 2.86 bits per heavy atom. The van der Waals surface area contributed by atoms with E-state index in [1.54, 1.807) is 6.20 Å². The first-order chi connectivity index (χ1) is 6.83. The van der Waals surface area contributed by atoms with Crippen LogP contribution in [0, 0.1) is 6.92 Å². The van der Waals surface area contributed by atoms with E-state index >= 15 is 0 Å². The Labute approximate surface area is 85.9 Å². The van der Waals surface area contributed by atoms with Gasteiger partial charge in [0.1, 0.15) is 5.76 Å². The maximum atomic E-state index is 5.34. The van der Waals surface area contributed by atoms with Gasteiger partial charge < -0.3 is 9.73 Å². The van der Waals surface area contributed by atoms with E-state index < -0.39 is 0 Å². The molecular formula is C11H20N2O. The van der Waals surface area contributed by atoms with Crippen LogP contribution in [0.2, 0.25) is 0 Å². The lowest BCUT2D eigenvalue weighted by molar-refractivity contribution is 0.446. The molecule has 1 aromatic heterocycles. The highest BCUT2D eigenvalue weighted by Crippen LogP contribution is 2.01. The first-order valence-electron chi connectivity index (χ1n) is 5.45. The molecule has 0 atom stereocenters. The maximum Gasteiger partial charge on any atom is 0.208 e. The minimum absolute atomic E-state index is 0.750. The van der Waals surface area contributed by atoms with Gasteiger partial charge in [-0.05, 0) is 19.9 Å². The van der Waals surface area contributed by atoms with Crippen LogP contribution in [0.4, 0.5) is 0 Å². The second kappa shape index (κ2) is 6.60. The normalized spacial score (nSPS) is 10.7. The minimum Gasteiger partial charge on any atom is -0.445 e. The molecule has 0 bridgehead atoms. The summed E-state index contributed by atoms with van der Waals surface area (Å²) in [6.07, 6.45) is 6.94. The molecule has 0 fully saturated rings. The Morgan fingerprint density at radius 2 is 2.21 bits per heavy atom. The van der Waals surface area contributed by atoms with Crippen molar-refractivity contribution in [3.05, 3.63) is 17.8 Å². The number of aromatic nitrogens is 1. The van der Waals surface area contributed by atoms with Gasteiger partial charge in [-0.1, -0.05) is 26.2 Å². The van der Waals surface area contributed by atoms with E-state index in [0.717, 1.165) is 24.7 Å². The number of rotatable bonds is 7. The summed E-state index contributed by atoms with van der Waals surface area (Å²) < 4.78 is 5.34. The van der Waals surface area contributed by atoms with Gasteiger partial charge >= 0.3 is 0 Å². The van der Waals surface area contributed by atoms with Gasteiger partial charge in [-0.2, -0.15) is 0 Å². The largest absolute Gasteiger partial charge is 0.445 e. The zero-order chi connectivity index (χ0) is 10.2. The molecule has 0 saturated heterocycles. The van der Waals surface area contributed by atoms with Gasteiger partial charge in [0.25, 0.3) is 0 Å². The van der Waals surface area contributed by atoms with Gasteiger partial charge in [0.15, 0.2) is 0 Å². The first-order valence-corrected chi connectivity index (χ1v) is 5.45. The Kier molecular flexibility index (Phi) is 5.30. The first kappa shape index (κ1) is 11.2. The lowest BCUT2D eigenvalue weighted by Gasteiger charge is -2.00. The number of aryl methyl sites for hydroxylation is 1. The molecule has 0 aliphatic rings. The molecule has 3 heteroatoms.